The zero-order chi connectivity index (χ0) is 23.0. The SMILES string of the molecule is Cc1nc(C(C)(C)C)nc2sc(C(=O)NCc3cccc(C(=O)N4CCCC4)c3)c(C)c12. The zero-order valence-corrected chi connectivity index (χ0v) is 20.2. The first kappa shape index (κ1) is 22.4. The van der Waals surface area contributed by atoms with Crippen molar-refractivity contribution in [2.75, 3.05) is 13.1 Å². The lowest BCUT2D eigenvalue weighted by atomic mass is 9.95. The number of carbonyl (C=O) groups is 2. The van der Waals surface area contributed by atoms with E-state index in [-0.39, 0.29) is 17.2 Å². The summed E-state index contributed by atoms with van der Waals surface area (Å²) in [6, 6.07) is 7.53. The molecule has 3 heterocycles. The van der Waals surface area contributed by atoms with Gasteiger partial charge in [-0.1, -0.05) is 32.9 Å². The molecule has 0 radical (unpaired) electrons. The molecule has 3 aromatic rings. The van der Waals surface area contributed by atoms with Gasteiger partial charge < -0.3 is 10.2 Å². The average Bonchev–Trinajstić information content (AvgIpc) is 3.39. The van der Waals surface area contributed by atoms with Crippen molar-refractivity contribution in [3.63, 3.8) is 0 Å². The predicted octanol–water partition coefficient (Wildman–Crippen LogP) is 4.77. The lowest BCUT2D eigenvalue weighted by Crippen LogP contribution is -2.28. The van der Waals surface area contributed by atoms with Gasteiger partial charge >= 0.3 is 0 Å². The van der Waals surface area contributed by atoms with Crippen molar-refractivity contribution in [1.29, 1.82) is 0 Å². The van der Waals surface area contributed by atoms with Crippen molar-refractivity contribution in [2.45, 2.75) is 59.4 Å². The fourth-order valence-electron chi connectivity index (χ4n) is 4.07. The summed E-state index contributed by atoms with van der Waals surface area (Å²) >= 11 is 1.41. The van der Waals surface area contributed by atoms with Crippen LogP contribution in [0.4, 0.5) is 0 Å². The number of nitrogens with one attached hydrogen (secondary N) is 1. The first-order valence-corrected chi connectivity index (χ1v) is 11.9. The average molecular weight is 451 g/mol. The van der Waals surface area contributed by atoms with Crippen LogP contribution in [0.25, 0.3) is 10.2 Å². The molecular weight excluding hydrogens is 420 g/mol. The molecule has 1 fully saturated rings. The number of hydrogen-bond acceptors (Lipinski definition) is 5. The largest absolute Gasteiger partial charge is 0.347 e. The van der Waals surface area contributed by atoms with Gasteiger partial charge in [0.15, 0.2) is 0 Å². The first-order chi connectivity index (χ1) is 15.1. The van der Waals surface area contributed by atoms with Gasteiger partial charge in [-0.2, -0.15) is 0 Å². The summed E-state index contributed by atoms with van der Waals surface area (Å²) in [7, 11) is 0. The lowest BCUT2D eigenvalue weighted by molar-refractivity contribution is 0.0792. The number of carbonyl (C=O) groups excluding carboxylic acids is 2. The number of fused-ring (bicyclic) bond motifs is 1. The molecule has 1 saturated heterocycles. The van der Waals surface area contributed by atoms with Crippen LogP contribution in [0.1, 0.15) is 76.3 Å². The predicted molar refractivity (Wildman–Crippen MR) is 128 cm³/mol. The van der Waals surface area contributed by atoms with E-state index >= 15 is 0 Å². The minimum absolute atomic E-state index is 0.0692. The maximum atomic E-state index is 13.0. The van der Waals surface area contributed by atoms with Gasteiger partial charge in [-0.15, -0.1) is 11.3 Å². The molecule has 0 bridgehead atoms. The molecular formula is C25H30N4O2S. The minimum atomic E-state index is -0.156. The van der Waals surface area contributed by atoms with Gasteiger partial charge in [0.2, 0.25) is 0 Å². The van der Waals surface area contributed by atoms with E-state index in [0.717, 1.165) is 58.8 Å². The molecule has 1 aliphatic heterocycles. The Kier molecular flexibility index (Phi) is 6.03. The van der Waals surface area contributed by atoms with E-state index in [1.54, 1.807) is 0 Å². The molecule has 1 N–H and O–H groups in total. The van der Waals surface area contributed by atoms with Gasteiger partial charge in [0, 0.05) is 36.0 Å². The summed E-state index contributed by atoms with van der Waals surface area (Å²) < 4.78 is 0. The smallest absolute Gasteiger partial charge is 0.261 e. The number of likely N-dealkylation sites (tertiary alicyclic amines) is 1. The van der Waals surface area contributed by atoms with Gasteiger partial charge in [-0.25, -0.2) is 9.97 Å². The first-order valence-electron chi connectivity index (χ1n) is 11.1. The second-order valence-electron chi connectivity index (χ2n) is 9.50. The summed E-state index contributed by atoms with van der Waals surface area (Å²) in [5.41, 5.74) is 3.25. The molecule has 0 saturated carbocycles. The van der Waals surface area contributed by atoms with E-state index in [4.69, 9.17) is 4.98 Å². The van der Waals surface area contributed by atoms with Gasteiger partial charge in [-0.3, -0.25) is 9.59 Å². The number of hydrogen-bond donors (Lipinski definition) is 1. The Morgan fingerprint density at radius 2 is 1.84 bits per heavy atom. The van der Waals surface area contributed by atoms with E-state index in [0.29, 0.717) is 17.0 Å². The van der Waals surface area contributed by atoms with Crippen LogP contribution < -0.4 is 5.32 Å². The molecule has 0 aliphatic carbocycles. The quantitative estimate of drug-likeness (QED) is 0.621. The molecule has 7 heteroatoms. The number of benzene rings is 1. The minimum Gasteiger partial charge on any atom is -0.347 e. The standard InChI is InChI=1S/C25H30N4O2S/c1-15-19-16(2)27-24(25(3,4)5)28-22(19)32-20(15)21(30)26-14-17-9-8-10-18(13-17)23(31)29-11-6-7-12-29/h8-10,13H,6-7,11-12,14H2,1-5H3,(H,26,30). The van der Waals surface area contributed by atoms with Gasteiger partial charge in [-0.05, 0) is 49.9 Å². The number of aryl methyl sites for hydroxylation is 2. The Labute approximate surface area is 193 Å². The molecule has 1 aliphatic rings. The molecule has 4 rings (SSSR count). The lowest BCUT2D eigenvalue weighted by Gasteiger charge is -2.16. The molecule has 0 unspecified atom stereocenters. The van der Waals surface area contributed by atoms with Crippen LogP contribution in [0.2, 0.25) is 0 Å². The number of thiophene rings is 1. The van der Waals surface area contributed by atoms with Crippen molar-refractivity contribution in [1.82, 2.24) is 20.2 Å². The van der Waals surface area contributed by atoms with Crippen LogP contribution >= 0.6 is 11.3 Å². The van der Waals surface area contributed by atoms with Crippen molar-refractivity contribution >= 4 is 33.4 Å². The molecule has 0 atom stereocenters. The zero-order valence-electron chi connectivity index (χ0n) is 19.4. The molecule has 6 nitrogen and oxygen atoms in total. The van der Waals surface area contributed by atoms with Crippen LogP contribution in [0.3, 0.4) is 0 Å². The fraction of sp³-hybridized carbons (Fsp3) is 0.440. The maximum Gasteiger partial charge on any atom is 0.261 e. The van der Waals surface area contributed by atoms with Gasteiger partial charge in [0.05, 0.1) is 10.6 Å². The van der Waals surface area contributed by atoms with Crippen LogP contribution in [0.15, 0.2) is 24.3 Å². The Balaban J connectivity index is 1.52. The summed E-state index contributed by atoms with van der Waals surface area (Å²) in [4.78, 5) is 38.5. The molecule has 1 aromatic carbocycles. The third-order valence-corrected chi connectivity index (χ3v) is 7.05. The number of amides is 2. The molecule has 0 spiro atoms. The van der Waals surface area contributed by atoms with Crippen molar-refractivity contribution in [3.05, 3.63) is 57.4 Å². The number of rotatable bonds is 4. The number of nitrogens with zero attached hydrogens (tertiary/aromatic N) is 3. The third-order valence-electron chi connectivity index (χ3n) is 5.87. The summed E-state index contributed by atoms with van der Waals surface area (Å²) in [6.45, 7) is 12.2. The van der Waals surface area contributed by atoms with Crippen LogP contribution in [-0.4, -0.2) is 39.8 Å². The summed E-state index contributed by atoms with van der Waals surface area (Å²) in [6.07, 6.45) is 2.13. The normalized spacial score (nSPS) is 14.2. The molecule has 32 heavy (non-hydrogen) atoms. The van der Waals surface area contributed by atoms with Gasteiger partial charge in [0.25, 0.3) is 11.8 Å². The van der Waals surface area contributed by atoms with Crippen LogP contribution in [0.5, 0.6) is 0 Å². The molecule has 2 amide bonds. The van der Waals surface area contributed by atoms with Gasteiger partial charge in [0.1, 0.15) is 10.7 Å². The topological polar surface area (TPSA) is 75.2 Å². The summed E-state index contributed by atoms with van der Waals surface area (Å²) in [5.74, 6) is 0.730. The molecule has 168 valence electrons. The van der Waals surface area contributed by atoms with E-state index in [1.807, 2.05) is 43.0 Å². The molecule has 2 aromatic heterocycles. The highest BCUT2D eigenvalue weighted by atomic mass is 32.1. The fourth-order valence-corrected chi connectivity index (χ4v) is 5.22. The van der Waals surface area contributed by atoms with Crippen molar-refractivity contribution in [2.24, 2.45) is 0 Å². The van der Waals surface area contributed by atoms with E-state index in [9.17, 15) is 9.59 Å². The Morgan fingerprint density at radius 1 is 1.12 bits per heavy atom. The number of aromatic nitrogens is 2. The highest BCUT2D eigenvalue weighted by Gasteiger charge is 2.24. The van der Waals surface area contributed by atoms with E-state index in [1.165, 1.54) is 11.3 Å². The second-order valence-corrected chi connectivity index (χ2v) is 10.5. The van der Waals surface area contributed by atoms with Crippen molar-refractivity contribution in [3.8, 4) is 0 Å². The monoisotopic (exact) mass is 450 g/mol. The van der Waals surface area contributed by atoms with Crippen LogP contribution in [0, 0.1) is 13.8 Å². The summed E-state index contributed by atoms with van der Waals surface area (Å²) in [5, 5.41) is 3.98. The maximum absolute atomic E-state index is 13.0. The van der Waals surface area contributed by atoms with Crippen LogP contribution in [-0.2, 0) is 12.0 Å². The Bertz CT molecular complexity index is 1190. The highest BCUT2D eigenvalue weighted by Crippen LogP contribution is 2.33. The van der Waals surface area contributed by atoms with E-state index < -0.39 is 0 Å². The Morgan fingerprint density at radius 3 is 2.53 bits per heavy atom. The third kappa shape index (κ3) is 4.39. The van der Waals surface area contributed by atoms with E-state index in [2.05, 4.69) is 31.1 Å². The van der Waals surface area contributed by atoms with Crippen molar-refractivity contribution < 1.29 is 9.59 Å². The highest BCUT2D eigenvalue weighted by molar-refractivity contribution is 7.20. The Hall–Kier alpha value is -2.80. The second kappa shape index (κ2) is 8.62.